The van der Waals surface area contributed by atoms with Gasteiger partial charge in [0.1, 0.15) is 17.3 Å². The van der Waals surface area contributed by atoms with Gasteiger partial charge in [0.2, 0.25) is 5.78 Å². The predicted octanol–water partition coefficient (Wildman–Crippen LogP) is 3.38. The maximum Gasteiger partial charge on any atom is 0.346 e. The molecule has 128 valence electrons. The fourth-order valence-corrected chi connectivity index (χ4v) is 2.37. The number of esters is 1. The van der Waals surface area contributed by atoms with Crippen molar-refractivity contribution in [3.05, 3.63) is 65.2 Å². The van der Waals surface area contributed by atoms with Gasteiger partial charge in [-0.25, -0.2) is 9.18 Å². The molecule has 0 N–H and O–H groups in total. The van der Waals surface area contributed by atoms with Crippen molar-refractivity contribution in [1.82, 2.24) is 0 Å². The molecular weight excluding hydrogens is 327 g/mol. The van der Waals surface area contributed by atoms with Gasteiger partial charge >= 0.3 is 5.97 Å². The quantitative estimate of drug-likeness (QED) is 0.630. The zero-order valence-electron chi connectivity index (χ0n) is 13.6. The number of carbonyl (C=O) groups is 2. The number of ketones is 1. The zero-order chi connectivity index (χ0) is 18.0. The molecule has 0 aromatic heterocycles. The molecule has 1 aliphatic heterocycles. The summed E-state index contributed by atoms with van der Waals surface area (Å²) in [5, 5.41) is 0. The number of rotatable bonds is 4. The van der Waals surface area contributed by atoms with Crippen molar-refractivity contribution in [1.29, 1.82) is 0 Å². The van der Waals surface area contributed by atoms with Gasteiger partial charge in [-0.05, 0) is 42.8 Å². The average Bonchev–Trinajstić information content (AvgIpc) is 2.91. The monoisotopic (exact) mass is 342 g/mol. The van der Waals surface area contributed by atoms with Crippen LogP contribution < -0.4 is 9.47 Å². The molecule has 0 bridgehead atoms. The van der Waals surface area contributed by atoms with E-state index in [1.807, 2.05) is 0 Å². The first-order valence-electron chi connectivity index (χ1n) is 7.56. The first-order chi connectivity index (χ1) is 12.0. The second kappa shape index (κ2) is 6.76. The molecule has 5 nitrogen and oxygen atoms in total. The van der Waals surface area contributed by atoms with E-state index in [4.69, 9.17) is 9.47 Å². The van der Waals surface area contributed by atoms with E-state index >= 15 is 0 Å². The van der Waals surface area contributed by atoms with Crippen molar-refractivity contribution in [2.45, 2.75) is 13.0 Å². The summed E-state index contributed by atoms with van der Waals surface area (Å²) in [6.45, 7) is 1.56. The van der Waals surface area contributed by atoms with E-state index in [2.05, 4.69) is 4.74 Å². The molecule has 1 atom stereocenters. The molecule has 0 fully saturated rings. The van der Waals surface area contributed by atoms with Crippen LogP contribution in [0.15, 0.2) is 48.2 Å². The summed E-state index contributed by atoms with van der Waals surface area (Å²) in [6, 6.07) is 10.4. The Labute approximate surface area is 143 Å². The number of hydrogen-bond donors (Lipinski definition) is 0. The van der Waals surface area contributed by atoms with Crippen molar-refractivity contribution in [2.24, 2.45) is 0 Å². The van der Waals surface area contributed by atoms with E-state index in [1.54, 1.807) is 37.3 Å². The molecule has 0 amide bonds. The molecule has 0 radical (unpaired) electrons. The summed E-state index contributed by atoms with van der Waals surface area (Å²) in [4.78, 5) is 23.8. The highest BCUT2D eigenvalue weighted by atomic mass is 19.1. The summed E-state index contributed by atoms with van der Waals surface area (Å²) in [5.41, 5.74) is 1.04. The van der Waals surface area contributed by atoms with E-state index in [9.17, 15) is 14.0 Å². The Kier molecular flexibility index (Phi) is 4.52. The summed E-state index contributed by atoms with van der Waals surface area (Å²) in [5.74, 6) is -0.271. The van der Waals surface area contributed by atoms with Crippen molar-refractivity contribution >= 4 is 17.8 Å². The highest BCUT2D eigenvalue weighted by molar-refractivity contribution is 6.14. The van der Waals surface area contributed by atoms with E-state index in [-0.39, 0.29) is 17.4 Å². The minimum Gasteiger partial charge on any atom is -0.479 e. The van der Waals surface area contributed by atoms with Gasteiger partial charge in [0.25, 0.3) is 0 Å². The minimum absolute atomic E-state index is 0.139. The lowest BCUT2D eigenvalue weighted by molar-refractivity contribution is -0.147. The Morgan fingerprint density at radius 3 is 2.60 bits per heavy atom. The smallest absolute Gasteiger partial charge is 0.346 e. The van der Waals surface area contributed by atoms with Gasteiger partial charge in [0, 0.05) is 6.07 Å². The number of methoxy groups -OCH3 is 1. The molecule has 0 saturated carbocycles. The van der Waals surface area contributed by atoms with Crippen molar-refractivity contribution < 1.29 is 28.2 Å². The van der Waals surface area contributed by atoms with Crippen LogP contribution in [0, 0.1) is 5.82 Å². The number of fused-ring (bicyclic) bond motifs is 1. The maximum atomic E-state index is 13.0. The van der Waals surface area contributed by atoms with E-state index in [1.165, 1.54) is 25.3 Å². The van der Waals surface area contributed by atoms with Crippen LogP contribution in [0.5, 0.6) is 11.5 Å². The third-order valence-electron chi connectivity index (χ3n) is 3.66. The summed E-state index contributed by atoms with van der Waals surface area (Å²) in [7, 11) is 1.28. The Morgan fingerprint density at radius 1 is 1.20 bits per heavy atom. The van der Waals surface area contributed by atoms with Gasteiger partial charge in [0.05, 0.1) is 12.7 Å². The average molecular weight is 342 g/mol. The standard InChI is InChI=1S/C19H15FO5/c1-11(19(22)23-2)24-14-7-8-15-16(10-14)25-17(18(15)21)9-12-3-5-13(20)6-4-12/h3-11H,1-2H3/b17-9-. The number of carbonyl (C=O) groups excluding carboxylic acids is 2. The van der Waals surface area contributed by atoms with Crippen LogP contribution in [-0.2, 0) is 9.53 Å². The molecule has 6 heteroatoms. The fourth-order valence-electron chi connectivity index (χ4n) is 2.37. The lowest BCUT2D eigenvalue weighted by Gasteiger charge is -2.12. The van der Waals surface area contributed by atoms with Gasteiger partial charge in [-0.1, -0.05) is 12.1 Å². The Hall–Kier alpha value is -3.15. The third-order valence-corrected chi connectivity index (χ3v) is 3.66. The lowest BCUT2D eigenvalue weighted by Crippen LogP contribution is -2.24. The van der Waals surface area contributed by atoms with Crippen molar-refractivity contribution in [3.63, 3.8) is 0 Å². The maximum absolute atomic E-state index is 13.0. The molecule has 25 heavy (non-hydrogen) atoms. The van der Waals surface area contributed by atoms with Gasteiger partial charge < -0.3 is 14.2 Å². The molecule has 1 unspecified atom stereocenters. The third kappa shape index (κ3) is 3.52. The highest BCUT2D eigenvalue weighted by Crippen LogP contribution is 2.35. The predicted molar refractivity (Wildman–Crippen MR) is 87.9 cm³/mol. The molecule has 0 saturated heterocycles. The summed E-state index contributed by atoms with van der Waals surface area (Å²) < 4.78 is 28.6. The van der Waals surface area contributed by atoms with Crippen LogP contribution >= 0.6 is 0 Å². The Bertz CT molecular complexity index is 855. The molecule has 1 heterocycles. The molecule has 2 aromatic carbocycles. The van der Waals surface area contributed by atoms with Crippen LogP contribution in [0.1, 0.15) is 22.8 Å². The van der Waals surface area contributed by atoms with Crippen LogP contribution in [0.3, 0.4) is 0 Å². The topological polar surface area (TPSA) is 61.8 Å². The molecule has 3 rings (SSSR count). The number of Topliss-reactive ketones (excluding diaryl/α,β-unsaturated/α-hetero) is 1. The molecule has 1 aliphatic rings. The molecule has 2 aromatic rings. The van der Waals surface area contributed by atoms with E-state index < -0.39 is 12.1 Å². The molecular formula is C19H15FO5. The first-order valence-corrected chi connectivity index (χ1v) is 7.56. The number of allylic oxidation sites excluding steroid dienone is 1. The normalized spacial score (nSPS) is 15.5. The molecule has 0 aliphatic carbocycles. The Morgan fingerprint density at radius 2 is 1.92 bits per heavy atom. The van der Waals surface area contributed by atoms with Crippen molar-refractivity contribution in [2.75, 3.05) is 7.11 Å². The van der Waals surface area contributed by atoms with Crippen LogP contribution in [0.2, 0.25) is 0 Å². The second-order valence-electron chi connectivity index (χ2n) is 5.43. The Balaban J connectivity index is 1.81. The zero-order valence-corrected chi connectivity index (χ0v) is 13.6. The number of halogens is 1. The van der Waals surface area contributed by atoms with E-state index in [0.717, 1.165) is 0 Å². The minimum atomic E-state index is -0.783. The SMILES string of the molecule is COC(=O)C(C)Oc1ccc2c(c1)O/C(=C\c1ccc(F)cc1)C2=O. The summed E-state index contributed by atoms with van der Waals surface area (Å²) in [6.07, 6.45) is 0.758. The number of benzene rings is 2. The van der Waals surface area contributed by atoms with Crippen molar-refractivity contribution in [3.8, 4) is 11.5 Å². The molecule has 0 spiro atoms. The highest BCUT2D eigenvalue weighted by Gasteiger charge is 2.28. The van der Waals surface area contributed by atoms with Crippen LogP contribution in [0.4, 0.5) is 4.39 Å². The fraction of sp³-hybridized carbons (Fsp3) is 0.158. The van der Waals surface area contributed by atoms with Gasteiger partial charge in [-0.2, -0.15) is 0 Å². The lowest BCUT2D eigenvalue weighted by atomic mass is 10.1. The van der Waals surface area contributed by atoms with E-state index in [0.29, 0.717) is 22.6 Å². The largest absolute Gasteiger partial charge is 0.479 e. The summed E-state index contributed by atoms with van der Waals surface area (Å²) >= 11 is 0. The van der Waals surface area contributed by atoms with Crippen LogP contribution in [0.25, 0.3) is 6.08 Å². The van der Waals surface area contributed by atoms with Gasteiger partial charge in [-0.15, -0.1) is 0 Å². The number of hydrogen-bond acceptors (Lipinski definition) is 5. The second-order valence-corrected chi connectivity index (χ2v) is 5.43. The van der Waals surface area contributed by atoms with Gasteiger partial charge in [-0.3, -0.25) is 4.79 Å². The van der Waals surface area contributed by atoms with Gasteiger partial charge in [0.15, 0.2) is 11.9 Å². The first kappa shape index (κ1) is 16.7. The number of ether oxygens (including phenoxy) is 3. The van der Waals surface area contributed by atoms with Crippen LogP contribution in [-0.4, -0.2) is 25.0 Å².